The summed E-state index contributed by atoms with van der Waals surface area (Å²) in [5, 5.41) is 0. The van der Waals surface area contributed by atoms with Crippen LogP contribution in [-0.2, 0) is 4.79 Å². The summed E-state index contributed by atoms with van der Waals surface area (Å²) in [6.07, 6.45) is 1.63. The SMILES string of the molecule is CN(C(=O)CS)c1ccc2nc[nH]c2c1. The summed E-state index contributed by atoms with van der Waals surface area (Å²) >= 11 is 3.96. The van der Waals surface area contributed by atoms with Gasteiger partial charge in [-0.1, -0.05) is 0 Å². The fourth-order valence-corrected chi connectivity index (χ4v) is 1.59. The van der Waals surface area contributed by atoms with Gasteiger partial charge in [-0.25, -0.2) is 4.98 Å². The van der Waals surface area contributed by atoms with Crippen molar-refractivity contribution in [3.63, 3.8) is 0 Å². The molecule has 15 heavy (non-hydrogen) atoms. The first-order valence-electron chi connectivity index (χ1n) is 4.53. The van der Waals surface area contributed by atoms with Crippen LogP contribution in [0.15, 0.2) is 24.5 Å². The molecule has 1 N–H and O–H groups in total. The highest BCUT2D eigenvalue weighted by molar-refractivity contribution is 7.81. The Bertz CT molecular complexity index is 494. The van der Waals surface area contributed by atoms with Crippen molar-refractivity contribution in [2.45, 2.75) is 0 Å². The van der Waals surface area contributed by atoms with Gasteiger partial charge in [0, 0.05) is 12.7 Å². The summed E-state index contributed by atoms with van der Waals surface area (Å²) in [4.78, 5) is 20.1. The highest BCUT2D eigenvalue weighted by Crippen LogP contribution is 2.18. The zero-order chi connectivity index (χ0) is 10.8. The van der Waals surface area contributed by atoms with Crippen molar-refractivity contribution in [1.82, 2.24) is 9.97 Å². The van der Waals surface area contributed by atoms with Crippen molar-refractivity contribution in [3.8, 4) is 0 Å². The molecular formula is C10H11N3OS. The van der Waals surface area contributed by atoms with Crippen molar-refractivity contribution in [2.75, 3.05) is 17.7 Å². The van der Waals surface area contributed by atoms with Crippen LogP contribution in [0.1, 0.15) is 0 Å². The number of hydrogen-bond acceptors (Lipinski definition) is 3. The molecule has 0 unspecified atom stereocenters. The Hall–Kier alpha value is -1.49. The smallest absolute Gasteiger partial charge is 0.236 e. The zero-order valence-electron chi connectivity index (χ0n) is 8.27. The molecule has 0 aliphatic carbocycles. The molecule has 0 atom stereocenters. The van der Waals surface area contributed by atoms with E-state index in [2.05, 4.69) is 22.6 Å². The Kier molecular flexibility index (Phi) is 2.64. The molecule has 1 heterocycles. The number of nitrogens with zero attached hydrogens (tertiary/aromatic N) is 2. The Balaban J connectivity index is 2.39. The topological polar surface area (TPSA) is 49.0 Å². The number of amides is 1. The fourth-order valence-electron chi connectivity index (χ4n) is 1.38. The molecular weight excluding hydrogens is 210 g/mol. The second kappa shape index (κ2) is 3.94. The standard InChI is InChI=1S/C10H11N3OS/c1-13(10(14)5-15)7-2-3-8-9(4-7)12-6-11-8/h2-4,6,15H,5H2,1H3,(H,11,12). The Morgan fingerprint density at radius 3 is 3.13 bits per heavy atom. The van der Waals surface area contributed by atoms with E-state index in [1.54, 1.807) is 18.3 Å². The van der Waals surface area contributed by atoms with Gasteiger partial charge in [0.1, 0.15) is 0 Å². The van der Waals surface area contributed by atoms with E-state index in [-0.39, 0.29) is 11.7 Å². The molecule has 0 saturated carbocycles. The van der Waals surface area contributed by atoms with Crippen molar-refractivity contribution in [1.29, 1.82) is 0 Å². The lowest BCUT2D eigenvalue weighted by Gasteiger charge is -2.15. The summed E-state index contributed by atoms with van der Waals surface area (Å²) in [5.74, 6) is 0.175. The molecule has 0 aliphatic rings. The number of carbonyl (C=O) groups is 1. The van der Waals surface area contributed by atoms with E-state index in [1.807, 2.05) is 18.2 Å². The summed E-state index contributed by atoms with van der Waals surface area (Å²) in [5.41, 5.74) is 2.66. The maximum atomic E-state index is 11.4. The average molecular weight is 221 g/mol. The van der Waals surface area contributed by atoms with Gasteiger partial charge in [-0.15, -0.1) is 0 Å². The van der Waals surface area contributed by atoms with Crippen LogP contribution in [0.25, 0.3) is 11.0 Å². The van der Waals surface area contributed by atoms with Crippen molar-refractivity contribution >= 4 is 35.3 Å². The molecule has 78 valence electrons. The number of hydrogen-bond donors (Lipinski definition) is 2. The van der Waals surface area contributed by atoms with E-state index in [9.17, 15) is 4.79 Å². The number of carbonyl (C=O) groups excluding carboxylic acids is 1. The molecule has 0 radical (unpaired) electrons. The van der Waals surface area contributed by atoms with E-state index in [0.717, 1.165) is 16.7 Å². The summed E-state index contributed by atoms with van der Waals surface area (Å²) in [7, 11) is 1.73. The molecule has 2 aromatic rings. The zero-order valence-corrected chi connectivity index (χ0v) is 9.16. The first kappa shape index (κ1) is 10.0. The summed E-state index contributed by atoms with van der Waals surface area (Å²) in [6.45, 7) is 0. The van der Waals surface area contributed by atoms with Crippen LogP contribution < -0.4 is 4.90 Å². The van der Waals surface area contributed by atoms with E-state index in [4.69, 9.17) is 0 Å². The Morgan fingerprint density at radius 1 is 1.60 bits per heavy atom. The van der Waals surface area contributed by atoms with Gasteiger partial charge in [0.25, 0.3) is 0 Å². The van der Waals surface area contributed by atoms with Crippen LogP contribution >= 0.6 is 12.6 Å². The fraction of sp³-hybridized carbons (Fsp3) is 0.200. The molecule has 4 nitrogen and oxygen atoms in total. The highest BCUT2D eigenvalue weighted by Gasteiger charge is 2.09. The third kappa shape index (κ3) is 1.83. The Morgan fingerprint density at radius 2 is 2.40 bits per heavy atom. The van der Waals surface area contributed by atoms with Gasteiger partial charge in [0.15, 0.2) is 0 Å². The van der Waals surface area contributed by atoms with Crippen LogP contribution in [0.4, 0.5) is 5.69 Å². The number of nitrogens with one attached hydrogen (secondary N) is 1. The van der Waals surface area contributed by atoms with Gasteiger partial charge in [-0.05, 0) is 18.2 Å². The van der Waals surface area contributed by atoms with Gasteiger partial charge < -0.3 is 9.88 Å². The normalized spacial score (nSPS) is 10.5. The molecule has 0 aliphatic heterocycles. The predicted molar refractivity (Wildman–Crippen MR) is 63.4 cm³/mol. The number of aromatic nitrogens is 2. The maximum Gasteiger partial charge on any atom is 0.236 e. The average Bonchev–Trinajstić information content (AvgIpc) is 2.73. The van der Waals surface area contributed by atoms with E-state index < -0.39 is 0 Å². The number of aromatic amines is 1. The van der Waals surface area contributed by atoms with Crippen LogP contribution in [-0.4, -0.2) is 28.7 Å². The van der Waals surface area contributed by atoms with E-state index in [0.29, 0.717) is 0 Å². The predicted octanol–water partition coefficient (Wildman–Crippen LogP) is 1.46. The number of anilines is 1. The summed E-state index contributed by atoms with van der Waals surface area (Å²) < 4.78 is 0. The lowest BCUT2D eigenvalue weighted by Crippen LogP contribution is -2.27. The largest absolute Gasteiger partial charge is 0.345 e. The molecule has 0 spiro atoms. The van der Waals surface area contributed by atoms with Crippen molar-refractivity contribution in [3.05, 3.63) is 24.5 Å². The van der Waals surface area contributed by atoms with Gasteiger partial charge in [0.05, 0.1) is 23.1 Å². The van der Waals surface area contributed by atoms with Gasteiger partial charge in [0.2, 0.25) is 5.91 Å². The lowest BCUT2D eigenvalue weighted by atomic mass is 10.2. The number of benzene rings is 1. The maximum absolute atomic E-state index is 11.4. The number of rotatable bonds is 2. The third-order valence-electron chi connectivity index (χ3n) is 2.30. The molecule has 0 saturated heterocycles. The monoisotopic (exact) mass is 221 g/mol. The van der Waals surface area contributed by atoms with Crippen LogP contribution in [0.2, 0.25) is 0 Å². The van der Waals surface area contributed by atoms with E-state index >= 15 is 0 Å². The molecule has 0 bridgehead atoms. The minimum absolute atomic E-state index is 0.0304. The first-order valence-corrected chi connectivity index (χ1v) is 5.16. The number of imidazole rings is 1. The van der Waals surface area contributed by atoms with Crippen LogP contribution in [0.5, 0.6) is 0 Å². The second-order valence-electron chi connectivity index (χ2n) is 3.21. The lowest BCUT2D eigenvalue weighted by molar-refractivity contribution is -0.115. The van der Waals surface area contributed by atoms with Gasteiger partial charge >= 0.3 is 0 Å². The van der Waals surface area contributed by atoms with E-state index in [1.165, 1.54) is 0 Å². The van der Waals surface area contributed by atoms with Crippen molar-refractivity contribution in [2.24, 2.45) is 0 Å². The van der Waals surface area contributed by atoms with Gasteiger partial charge in [-0.2, -0.15) is 12.6 Å². The molecule has 0 fully saturated rings. The molecule has 1 amide bonds. The minimum Gasteiger partial charge on any atom is -0.345 e. The summed E-state index contributed by atoms with van der Waals surface area (Å²) in [6, 6.07) is 5.64. The number of H-pyrrole nitrogens is 1. The highest BCUT2D eigenvalue weighted by atomic mass is 32.1. The van der Waals surface area contributed by atoms with Gasteiger partial charge in [-0.3, -0.25) is 4.79 Å². The molecule has 1 aromatic heterocycles. The number of thiol groups is 1. The minimum atomic E-state index is -0.0304. The van der Waals surface area contributed by atoms with Crippen LogP contribution in [0, 0.1) is 0 Å². The quantitative estimate of drug-likeness (QED) is 0.754. The second-order valence-corrected chi connectivity index (χ2v) is 3.53. The molecule has 5 heteroatoms. The number of fused-ring (bicyclic) bond motifs is 1. The van der Waals surface area contributed by atoms with Crippen molar-refractivity contribution < 1.29 is 4.79 Å². The molecule has 1 aromatic carbocycles. The first-order chi connectivity index (χ1) is 7.22. The third-order valence-corrected chi connectivity index (χ3v) is 2.57. The van der Waals surface area contributed by atoms with Crippen LogP contribution in [0.3, 0.4) is 0 Å². The molecule has 2 rings (SSSR count). The Labute approximate surface area is 92.7 Å².